The van der Waals surface area contributed by atoms with E-state index in [1.807, 2.05) is 38.1 Å². The van der Waals surface area contributed by atoms with E-state index >= 15 is 0 Å². The fourth-order valence-corrected chi connectivity index (χ4v) is 3.90. The van der Waals surface area contributed by atoms with Gasteiger partial charge in [-0.15, -0.1) is 0 Å². The number of fused-ring (bicyclic) bond motifs is 2. The van der Waals surface area contributed by atoms with Crippen LogP contribution in [0.15, 0.2) is 29.4 Å². The molecule has 0 spiro atoms. The highest BCUT2D eigenvalue weighted by Crippen LogP contribution is 2.50. The Labute approximate surface area is 175 Å². The van der Waals surface area contributed by atoms with Crippen LogP contribution in [0.3, 0.4) is 0 Å². The Morgan fingerprint density at radius 2 is 1.67 bits per heavy atom. The maximum Gasteiger partial charge on any atom is 0.231 e. The molecule has 30 heavy (non-hydrogen) atoms. The van der Waals surface area contributed by atoms with Gasteiger partial charge in [0.15, 0.2) is 29.2 Å². The van der Waals surface area contributed by atoms with Gasteiger partial charge < -0.3 is 28.8 Å². The second-order valence-corrected chi connectivity index (χ2v) is 7.58. The Kier molecular flexibility index (Phi) is 5.24. The molecule has 2 heterocycles. The zero-order valence-corrected chi connectivity index (χ0v) is 17.7. The molecule has 2 N–H and O–H groups in total. The van der Waals surface area contributed by atoms with Gasteiger partial charge in [0, 0.05) is 29.2 Å². The maximum atomic E-state index is 10.4. The molecule has 2 aromatic rings. The quantitative estimate of drug-likeness (QED) is 0.570. The number of phenols is 1. The van der Waals surface area contributed by atoms with Crippen LogP contribution in [0.2, 0.25) is 0 Å². The van der Waals surface area contributed by atoms with Crippen molar-refractivity contribution in [1.29, 1.82) is 0 Å². The molecule has 0 amide bonds. The van der Waals surface area contributed by atoms with Gasteiger partial charge in [0.1, 0.15) is 5.75 Å². The van der Waals surface area contributed by atoms with Gasteiger partial charge in [-0.2, -0.15) is 5.10 Å². The molecule has 0 aliphatic carbocycles. The Hall–Kier alpha value is -3.29. The van der Waals surface area contributed by atoms with Crippen LogP contribution in [0.1, 0.15) is 37.8 Å². The van der Waals surface area contributed by atoms with Crippen molar-refractivity contribution in [2.45, 2.75) is 32.9 Å². The van der Waals surface area contributed by atoms with Crippen LogP contribution in [-0.2, 0) is 0 Å². The van der Waals surface area contributed by atoms with Gasteiger partial charge >= 0.3 is 0 Å². The summed E-state index contributed by atoms with van der Waals surface area (Å²) in [6, 6.07) is 7.45. The first kappa shape index (κ1) is 20.0. The lowest BCUT2D eigenvalue weighted by molar-refractivity contribution is 0.0803. The average molecular weight is 414 g/mol. The smallest absolute Gasteiger partial charge is 0.231 e. The van der Waals surface area contributed by atoms with Crippen LogP contribution in [0, 0.1) is 5.92 Å². The highest BCUT2D eigenvalue weighted by molar-refractivity contribution is 5.78. The van der Waals surface area contributed by atoms with Gasteiger partial charge in [0.25, 0.3) is 0 Å². The number of hydrogen-bond acceptors (Lipinski definition) is 8. The lowest BCUT2D eigenvalue weighted by Gasteiger charge is -2.38. The van der Waals surface area contributed by atoms with Gasteiger partial charge in [-0.1, -0.05) is 6.92 Å². The van der Waals surface area contributed by atoms with Crippen LogP contribution in [0.5, 0.6) is 34.5 Å². The molecule has 2 aliphatic heterocycles. The minimum Gasteiger partial charge on any atom is -0.502 e. The molecule has 0 radical (unpaired) electrons. The number of methoxy groups -OCH3 is 2. The molecule has 8 nitrogen and oxygen atoms in total. The van der Waals surface area contributed by atoms with Crippen LogP contribution in [0.25, 0.3) is 0 Å². The Morgan fingerprint density at radius 3 is 2.27 bits per heavy atom. The number of nitrogens with zero attached hydrogens (tertiary/aromatic N) is 1. The summed E-state index contributed by atoms with van der Waals surface area (Å²) in [4.78, 5) is 0. The van der Waals surface area contributed by atoms with E-state index in [4.69, 9.17) is 23.7 Å². The van der Waals surface area contributed by atoms with E-state index in [9.17, 15) is 5.11 Å². The number of ether oxygens (including phenoxy) is 5. The Balaban J connectivity index is 1.86. The molecule has 2 aliphatic rings. The third kappa shape index (κ3) is 3.42. The zero-order chi connectivity index (χ0) is 21.4. The predicted octanol–water partition coefficient (Wildman–Crippen LogP) is 3.61. The highest BCUT2D eigenvalue weighted by Gasteiger charge is 2.39. The Bertz CT molecular complexity index is 961. The Morgan fingerprint density at radius 1 is 1.03 bits per heavy atom. The maximum absolute atomic E-state index is 10.4. The summed E-state index contributed by atoms with van der Waals surface area (Å²) in [6.45, 7) is 6.10. The zero-order valence-electron chi connectivity index (χ0n) is 17.7. The second-order valence-electron chi connectivity index (χ2n) is 7.58. The van der Waals surface area contributed by atoms with E-state index in [1.54, 1.807) is 0 Å². The van der Waals surface area contributed by atoms with E-state index in [0.29, 0.717) is 28.7 Å². The van der Waals surface area contributed by atoms with E-state index in [-0.39, 0.29) is 30.6 Å². The molecular weight excluding hydrogens is 388 g/mol. The summed E-state index contributed by atoms with van der Waals surface area (Å²) < 4.78 is 28.1. The molecule has 8 heteroatoms. The summed E-state index contributed by atoms with van der Waals surface area (Å²) in [7, 11) is 3.03. The normalized spacial score (nSPS) is 21.3. The van der Waals surface area contributed by atoms with Crippen molar-refractivity contribution >= 4 is 5.71 Å². The fourth-order valence-electron chi connectivity index (χ4n) is 3.90. The number of hydrazone groups is 1. The summed E-state index contributed by atoms with van der Waals surface area (Å²) in [5.74, 6) is 2.56. The van der Waals surface area contributed by atoms with Crippen molar-refractivity contribution in [3.63, 3.8) is 0 Å². The van der Waals surface area contributed by atoms with Crippen molar-refractivity contribution in [1.82, 2.24) is 5.43 Å². The van der Waals surface area contributed by atoms with Gasteiger partial charge in [0.2, 0.25) is 12.5 Å². The summed E-state index contributed by atoms with van der Waals surface area (Å²) >= 11 is 0. The second kappa shape index (κ2) is 7.85. The van der Waals surface area contributed by atoms with Crippen molar-refractivity contribution in [2.24, 2.45) is 11.0 Å². The molecule has 0 aromatic heterocycles. The van der Waals surface area contributed by atoms with Crippen LogP contribution < -0.4 is 29.1 Å². The summed E-state index contributed by atoms with van der Waals surface area (Å²) in [5.41, 5.74) is 5.90. The first-order valence-electron chi connectivity index (χ1n) is 9.74. The van der Waals surface area contributed by atoms with Crippen molar-refractivity contribution in [2.75, 3.05) is 21.0 Å². The van der Waals surface area contributed by atoms with E-state index in [0.717, 1.165) is 16.8 Å². The van der Waals surface area contributed by atoms with Gasteiger partial charge in [-0.3, -0.25) is 5.43 Å². The lowest BCUT2D eigenvalue weighted by Crippen LogP contribution is -2.43. The number of rotatable bonds is 5. The molecule has 4 rings (SSSR count). The third-order valence-electron chi connectivity index (χ3n) is 5.37. The van der Waals surface area contributed by atoms with Crippen LogP contribution >= 0.6 is 0 Å². The van der Waals surface area contributed by atoms with Crippen molar-refractivity contribution < 1.29 is 28.8 Å². The van der Waals surface area contributed by atoms with Gasteiger partial charge in [0.05, 0.1) is 14.2 Å². The SMILES string of the molecule is COc1cc([C@@H]2c3cc4c(cc3O[C@H](NN=C(C)C)[C@H]2C)OCO4)cc(OC)c1O. The average Bonchev–Trinajstić information content (AvgIpc) is 3.18. The minimum absolute atomic E-state index is 0.0140. The molecule has 3 atom stereocenters. The number of phenolic OH excluding ortho intramolecular Hbond substituents is 1. The number of nitrogens with one attached hydrogen (secondary N) is 1. The largest absolute Gasteiger partial charge is 0.502 e. The molecule has 0 saturated carbocycles. The molecular formula is C22H26N2O6. The third-order valence-corrected chi connectivity index (χ3v) is 5.37. The summed E-state index contributed by atoms with van der Waals surface area (Å²) in [5, 5.41) is 14.7. The van der Waals surface area contributed by atoms with Crippen LogP contribution in [-0.4, -0.2) is 38.1 Å². The molecule has 2 aromatic carbocycles. The van der Waals surface area contributed by atoms with Crippen molar-refractivity contribution in [3.8, 4) is 34.5 Å². The molecule has 0 saturated heterocycles. The molecule has 0 fully saturated rings. The monoisotopic (exact) mass is 414 g/mol. The summed E-state index contributed by atoms with van der Waals surface area (Å²) in [6.07, 6.45) is -0.372. The first-order valence-corrected chi connectivity index (χ1v) is 9.74. The van der Waals surface area contributed by atoms with E-state index in [2.05, 4.69) is 17.5 Å². The van der Waals surface area contributed by atoms with Crippen LogP contribution in [0.4, 0.5) is 0 Å². The first-order chi connectivity index (χ1) is 14.4. The predicted molar refractivity (Wildman–Crippen MR) is 111 cm³/mol. The molecule has 160 valence electrons. The number of aromatic hydroxyl groups is 1. The molecule has 0 bridgehead atoms. The minimum atomic E-state index is -0.372. The molecule has 0 unspecified atom stereocenters. The van der Waals surface area contributed by atoms with Gasteiger partial charge in [-0.05, 0) is 37.6 Å². The van der Waals surface area contributed by atoms with Crippen molar-refractivity contribution in [3.05, 3.63) is 35.4 Å². The van der Waals surface area contributed by atoms with E-state index in [1.165, 1.54) is 14.2 Å². The van der Waals surface area contributed by atoms with E-state index < -0.39 is 0 Å². The lowest BCUT2D eigenvalue weighted by atomic mass is 9.78. The highest BCUT2D eigenvalue weighted by atomic mass is 16.7. The fraction of sp³-hybridized carbons (Fsp3) is 0.409. The standard InChI is InChI=1S/C22H26N2O6/c1-11(2)23-24-22-12(3)20(13-6-18(26-4)21(25)19(7-13)27-5)14-8-16-17(29-10-28-16)9-15(14)30-22/h6-9,12,20,22,24-25H,10H2,1-5H3/t12-,20+,22-/m0/s1. The number of hydrogen-bond donors (Lipinski definition) is 2. The topological polar surface area (TPSA) is 90.8 Å². The van der Waals surface area contributed by atoms with Gasteiger partial charge in [-0.25, -0.2) is 0 Å². The number of benzene rings is 2.